The first-order valence-corrected chi connectivity index (χ1v) is 6.77. The molecule has 0 aliphatic heterocycles. The van der Waals surface area contributed by atoms with E-state index in [4.69, 9.17) is 0 Å². The largest absolute Gasteiger partial charge is 0.349 e. The molecule has 6 heteroatoms. The summed E-state index contributed by atoms with van der Waals surface area (Å²) >= 11 is 0. The molecule has 0 aromatic heterocycles. The van der Waals surface area contributed by atoms with Gasteiger partial charge in [-0.15, -0.1) is 0 Å². The Bertz CT molecular complexity index is 278. The van der Waals surface area contributed by atoms with Crippen molar-refractivity contribution < 1.29 is 19.2 Å². The summed E-state index contributed by atoms with van der Waals surface area (Å²) in [6.45, 7) is 7.53. The van der Waals surface area contributed by atoms with Gasteiger partial charge in [0.25, 0.3) is 0 Å². The predicted molar refractivity (Wildman–Crippen MR) is 79.6 cm³/mol. The van der Waals surface area contributed by atoms with Crippen LogP contribution in [0.4, 0.5) is 0 Å². The van der Waals surface area contributed by atoms with Crippen LogP contribution in [0.5, 0.6) is 0 Å². The van der Waals surface area contributed by atoms with Crippen molar-refractivity contribution in [2.75, 3.05) is 20.1 Å². The third kappa shape index (κ3) is 29.9. The van der Waals surface area contributed by atoms with E-state index >= 15 is 0 Å². The molecule has 0 aliphatic carbocycles. The van der Waals surface area contributed by atoms with E-state index in [0.717, 1.165) is 6.29 Å². The quantitative estimate of drug-likeness (QED) is 0.511. The zero-order valence-corrected chi connectivity index (χ0v) is 13.2. The Kier molecular flexibility index (Phi) is 23.3. The molecule has 0 saturated carbocycles. The van der Waals surface area contributed by atoms with Gasteiger partial charge in [-0.2, -0.15) is 0 Å². The maximum Gasteiger partial charge on any atom is 0.220 e. The van der Waals surface area contributed by atoms with Gasteiger partial charge in [0.2, 0.25) is 5.91 Å². The van der Waals surface area contributed by atoms with Gasteiger partial charge in [0.05, 0.1) is 13.1 Å². The maximum atomic E-state index is 10.8. The van der Waals surface area contributed by atoms with Crippen LogP contribution in [0.1, 0.15) is 47.0 Å². The molecule has 6 nitrogen and oxygen atoms in total. The Balaban J connectivity index is -0.000000304. The van der Waals surface area contributed by atoms with Crippen LogP contribution >= 0.6 is 0 Å². The first kappa shape index (κ1) is 23.5. The van der Waals surface area contributed by atoms with Crippen LogP contribution in [0.2, 0.25) is 0 Å². The molecule has 0 aromatic carbocycles. The van der Waals surface area contributed by atoms with Gasteiger partial charge in [-0.3, -0.25) is 14.4 Å². The van der Waals surface area contributed by atoms with E-state index in [1.807, 2.05) is 13.8 Å². The van der Waals surface area contributed by atoms with Crippen molar-refractivity contribution in [3.8, 4) is 0 Å². The number of carbonyl (C=O) groups excluding carboxylic acids is 4. The lowest BCUT2D eigenvalue weighted by atomic mass is 10.2. The number of aldehydes is 1. The van der Waals surface area contributed by atoms with Gasteiger partial charge in [-0.1, -0.05) is 13.8 Å². The summed E-state index contributed by atoms with van der Waals surface area (Å²) in [5, 5.41) is 5.15. The number of nitrogens with one attached hydrogen (secondary N) is 2. The van der Waals surface area contributed by atoms with Gasteiger partial charge in [0, 0.05) is 12.8 Å². The highest BCUT2D eigenvalue weighted by Crippen LogP contribution is 1.91. The van der Waals surface area contributed by atoms with Crippen LogP contribution in [0, 0.1) is 0 Å². The van der Waals surface area contributed by atoms with Crippen molar-refractivity contribution in [1.29, 1.82) is 0 Å². The Labute approximate surface area is 121 Å². The number of rotatable bonds is 8. The van der Waals surface area contributed by atoms with E-state index in [0.29, 0.717) is 25.8 Å². The van der Waals surface area contributed by atoms with Crippen molar-refractivity contribution in [2.24, 2.45) is 0 Å². The lowest BCUT2D eigenvalue weighted by Gasteiger charge is -2.00. The van der Waals surface area contributed by atoms with Crippen LogP contribution in [0.3, 0.4) is 0 Å². The van der Waals surface area contributed by atoms with Crippen molar-refractivity contribution in [1.82, 2.24) is 10.6 Å². The van der Waals surface area contributed by atoms with E-state index in [1.165, 1.54) is 6.92 Å². The Morgan fingerprint density at radius 1 is 1.00 bits per heavy atom. The molecule has 0 aliphatic rings. The zero-order chi connectivity index (χ0) is 16.4. The molecule has 0 radical (unpaired) electrons. The molecular weight excluding hydrogens is 260 g/mol. The van der Waals surface area contributed by atoms with Gasteiger partial charge < -0.3 is 15.4 Å². The topological polar surface area (TPSA) is 92.3 Å². The fraction of sp³-hybridized carbons (Fsp3) is 0.714. The summed E-state index contributed by atoms with van der Waals surface area (Å²) in [6, 6.07) is 0. The fourth-order valence-electron chi connectivity index (χ4n) is 0.906. The molecule has 0 aromatic rings. The first-order chi connectivity index (χ1) is 9.43. The third-order valence-corrected chi connectivity index (χ3v) is 1.69. The molecule has 0 saturated heterocycles. The molecule has 0 rings (SSSR count). The van der Waals surface area contributed by atoms with Crippen molar-refractivity contribution >= 4 is 23.8 Å². The molecule has 0 spiro atoms. The fourth-order valence-corrected chi connectivity index (χ4v) is 0.906. The zero-order valence-electron chi connectivity index (χ0n) is 13.2. The van der Waals surface area contributed by atoms with Crippen molar-refractivity contribution in [3.05, 3.63) is 0 Å². The SMILES string of the molecule is CC.CC(=O)CNC(=O)CCCC=O.CNCC(C)=O. The highest BCUT2D eigenvalue weighted by Gasteiger charge is 2.00. The monoisotopic (exact) mass is 288 g/mol. The number of carbonyl (C=O) groups is 4. The minimum absolute atomic E-state index is 0.0706. The first-order valence-electron chi connectivity index (χ1n) is 6.77. The van der Waals surface area contributed by atoms with Gasteiger partial charge in [0.1, 0.15) is 17.9 Å². The lowest BCUT2D eigenvalue weighted by molar-refractivity contribution is -0.124. The van der Waals surface area contributed by atoms with E-state index in [-0.39, 0.29) is 24.0 Å². The number of amides is 1. The summed E-state index contributed by atoms with van der Waals surface area (Å²) in [7, 11) is 1.75. The van der Waals surface area contributed by atoms with Crippen LogP contribution < -0.4 is 10.6 Å². The normalized spacial score (nSPS) is 8.25. The molecule has 118 valence electrons. The predicted octanol–water partition coefficient (Wildman–Crippen LogP) is 0.882. The van der Waals surface area contributed by atoms with Crippen LogP contribution in [-0.4, -0.2) is 43.9 Å². The second-order valence-electron chi connectivity index (χ2n) is 3.77. The van der Waals surface area contributed by atoms with E-state index in [9.17, 15) is 19.2 Å². The third-order valence-electron chi connectivity index (χ3n) is 1.69. The molecule has 0 bridgehead atoms. The number of ketones is 2. The minimum atomic E-state index is -0.174. The Hall–Kier alpha value is -1.56. The molecule has 0 atom stereocenters. The van der Waals surface area contributed by atoms with Crippen molar-refractivity contribution in [3.63, 3.8) is 0 Å². The minimum Gasteiger partial charge on any atom is -0.349 e. The Morgan fingerprint density at radius 3 is 1.80 bits per heavy atom. The highest BCUT2D eigenvalue weighted by atomic mass is 16.2. The second kappa shape index (κ2) is 19.8. The molecule has 1 amide bonds. The number of likely N-dealkylation sites (N-methyl/N-ethyl adjacent to an activating group) is 1. The van der Waals surface area contributed by atoms with Gasteiger partial charge in [-0.05, 0) is 27.3 Å². The molecule has 0 heterocycles. The van der Waals surface area contributed by atoms with E-state index in [2.05, 4.69) is 10.6 Å². The van der Waals surface area contributed by atoms with Crippen molar-refractivity contribution in [2.45, 2.75) is 47.0 Å². The number of hydrogen-bond acceptors (Lipinski definition) is 5. The summed E-state index contributed by atoms with van der Waals surface area (Å²) < 4.78 is 0. The summed E-state index contributed by atoms with van der Waals surface area (Å²) in [4.78, 5) is 41.1. The number of Topliss-reactive ketones (excluding diaryl/α,β-unsaturated/α-hetero) is 2. The Morgan fingerprint density at radius 2 is 1.50 bits per heavy atom. The van der Waals surface area contributed by atoms with Crippen LogP contribution in [0.25, 0.3) is 0 Å². The molecule has 20 heavy (non-hydrogen) atoms. The maximum absolute atomic E-state index is 10.8. The summed E-state index contributed by atoms with van der Waals surface area (Å²) in [5.41, 5.74) is 0. The second-order valence-corrected chi connectivity index (χ2v) is 3.77. The molecule has 2 N–H and O–H groups in total. The highest BCUT2D eigenvalue weighted by molar-refractivity contribution is 5.84. The number of hydrogen-bond donors (Lipinski definition) is 2. The van der Waals surface area contributed by atoms with Gasteiger partial charge in [0.15, 0.2) is 0 Å². The molecule has 0 fully saturated rings. The van der Waals surface area contributed by atoms with Gasteiger partial charge in [-0.25, -0.2) is 0 Å². The molecular formula is C14H28N2O4. The standard InChI is InChI=1S/C8H13NO3.C4H9NO.C2H6/c1-7(11)6-9-8(12)4-2-3-5-10;1-4(6)3-5-2;1-2/h5H,2-4,6H2,1H3,(H,9,12);5H,3H2,1-2H3;1-2H3. The number of unbranched alkanes of at least 4 members (excludes halogenated alkanes) is 1. The average Bonchev–Trinajstić information content (AvgIpc) is 2.39. The lowest BCUT2D eigenvalue weighted by Crippen LogP contribution is -2.27. The van der Waals surface area contributed by atoms with E-state index in [1.54, 1.807) is 14.0 Å². The smallest absolute Gasteiger partial charge is 0.220 e. The van der Waals surface area contributed by atoms with E-state index < -0.39 is 0 Å². The average molecular weight is 288 g/mol. The molecule has 0 unspecified atom stereocenters. The van der Waals surface area contributed by atoms with Gasteiger partial charge >= 0.3 is 0 Å². The summed E-state index contributed by atoms with van der Waals surface area (Å²) in [6.07, 6.45) is 2.03. The van der Waals surface area contributed by atoms with Crippen LogP contribution in [0.15, 0.2) is 0 Å². The van der Waals surface area contributed by atoms with Crippen LogP contribution in [-0.2, 0) is 19.2 Å². The summed E-state index contributed by atoms with van der Waals surface area (Å²) in [5.74, 6) is -0.0664.